The molecule has 0 saturated carbocycles. The normalized spacial score (nSPS) is 10.8. The quantitative estimate of drug-likeness (QED) is 0.272. The molecular formula is C18H20N8O5S. The highest BCUT2D eigenvalue weighted by molar-refractivity contribution is 7.99. The number of nitro benzene ring substituents is 1. The molecule has 0 bridgehead atoms. The van der Waals surface area contributed by atoms with Crippen LogP contribution < -0.4 is 5.32 Å². The van der Waals surface area contributed by atoms with Crippen LogP contribution >= 0.6 is 11.8 Å². The van der Waals surface area contributed by atoms with Crippen molar-refractivity contribution in [2.24, 2.45) is 0 Å². The lowest BCUT2D eigenvalue weighted by molar-refractivity contribution is -0.389. The number of nitrogens with zero attached hydrogens (tertiary/aromatic N) is 7. The Morgan fingerprint density at radius 3 is 2.47 bits per heavy atom. The van der Waals surface area contributed by atoms with E-state index in [1.807, 2.05) is 11.5 Å². The lowest BCUT2D eigenvalue weighted by atomic mass is 10.3. The van der Waals surface area contributed by atoms with Crippen molar-refractivity contribution in [2.75, 3.05) is 11.1 Å². The van der Waals surface area contributed by atoms with E-state index >= 15 is 0 Å². The van der Waals surface area contributed by atoms with E-state index in [0.29, 0.717) is 41.9 Å². The first-order valence-electron chi connectivity index (χ1n) is 9.56. The number of nitrogens with one attached hydrogen (secondary N) is 1. The first-order chi connectivity index (χ1) is 15.3. The maximum Gasteiger partial charge on any atom is 0.390 e. The lowest BCUT2D eigenvalue weighted by Crippen LogP contribution is -2.15. The number of carbonyl (C=O) groups excluding carboxylic acids is 1. The Hall–Kier alpha value is -3.81. The fourth-order valence-corrected chi connectivity index (χ4v) is 3.76. The van der Waals surface area contributed by atoms with Gasteiger partial charge in [-0.2, -0.15) is 4.68 Å². The number of anilines is 1. The predicted octanol–water partition coefficient (Wildman–Crippen LogP) is 2.59. The minimum absolute atomic E-state index is 0.0548. The third-order valence-electron chi connectivity index (χ3n) is 4.51. The van der Waals surface area contributed by atoms with E-state index in [4.69, 9.17) is 0 Å². The van der Waals surface area contributed by atoms with Crippen LogP contribution in [0.1, 0.15) is 18.4 Å². The highest BCUT2D eigenvalue weighted by Crippen LogP contribution is 2.20. The van der Waals surface area contributed by atoms with E-state index in [0.717, 1.165) is 0 Å². The summed E-state index contributed by atoms with van der Waals surface area (Å²) in [6.07, 6.45) is 0.468. The molecular weight excluding hydrogens is 440 g/mol. The topological polar surface area (TPSA) is 164 Å². The predicted molar refractivity (Wildman–Crippen MR) is 115 cm³/mol. The van der Waals surface area contributed by atoms with Gasteiger partial charge in [0.2, 0.25) is 5.91 Å². The first kappa shape index (κ1) is 22.9. The minimum Gasteiger partial charge on any atom is -0.358 e. The second-order valence-electron chi connectivity index (χ2n) is 6.66. The number of aryl methyl sites for hydroxylation is 3. The molecule has 0 unspecified atom stereocenters. The summed E-state index contributed by atoms with van der Waals surface area (Å²) >= 11 is 1.22. The van der Waals surface area contributed by atoms with Gasteiger partial charge in [-0.1, -0.05) is 11.8 Å². The molecule has 13 nitrogen and oxygen atoms in total. The van der Waals surface area contributed by atoms with Crippen LogP contribution in [0.25, 0.3) is 0 Å². The summed E-state index contributed by atoms with van der Waals surface area (Å²) in [6, 6.07) is 6.98. The van der Waals surface area contributed by atoms with Crippen LogP contribution in [-0.2, 0) is 24.3 Å². The molecule has 168 valence electrons. The molecule has 0 fully saturated rings. The van der Waals surface area contributed by atoms with Crippen LogP contribution in [-0.4, -0.2) is 46.1 Å². The number of hydrogen-bond acceptors (Lipinski definition) is 9. The fourth-order valence-electron chi connectivity index (χ4n) is 2.94. The molecule has 0 aliphatic carbocycles. The Balaban J connectivity index is 1.58. The molecule has 3 aromatic rings. The smallest absolute Gasteiger partial charge is 0.358 e. The standard InChI is InChI=1S/C18H20N8O5S/c1-3-23-15(8-9-24-12(2)10-16(22-24)26(30)31)20-21-18(23)32-11-17(27)19-13-4-6-14(7-5-13)25(28)29/h4-7,10H,3,8-9,11H2,1-2H3,(H,19,27). The Morgan fingerprint density at radius 2 is 1.88 bits per heavy atom. The van der Waals surface area contributed by atoms with Crippen molar-refractivity contribution in [1.29, 1.82) is 0 Å². The third-order valence-corrected chi connectivity index (χ3v) is 5.47. The van der Waals surface area contributed by atoms with Crippen molar-refractivity contribution in [3.63, 3.8) is 0 Å². The third kappa shape index (κ3) is 5.46. The summed E-state index contributed by atoms with van der Waals surface area (Å²) in [5, 5.41) is 37.1. The average molecular weight is 460 g/mol. The number of carbonyl (C=O) groups is 1. The molecule has 0 spiro atoms. The molecule has 3 rings (SSSR count). The SMILES string of the molecule is CCn1c(CCn2nc([N+](=O)[O-])cc2C)nnc1SCC(=O)Nc1ccc([N+](=O)[O-])cc1. The number of amides is 1. The lowest BCUT2D eigenvalue weighted by Gasteiger charge is -2.08. The van der Waals surface area contributed by atoms with Gasteiger partial charge < -0.3 is 20.0 Å². The number of benzene rings is 1. The van der Waals surface area contributed by atoms with Crippen molar-refractivity contribution in [3.8, 4) is 0 Å². The van der Waals surface area contributed by atoms with Crippen LogP contribution in [0.3, 0.4) is 0 Å². The first-order valence-corrected chi connectivity index (χ1v) is 10.5. The van der Waals surface area contributed by atoms with E-state index in [2.05, 4.69) is 20.6 Å². The number of non-ortho nitro benzene ring substituents is 1. The fraction of sp³-hybridized carbons (Fsp3) is 0.333. The van der Waals surface area contributed by atoms with Gasteiger partial charge >= 0.3 is 5.82 Å². The summed E-state index contributed by atoms with van der Waals surface area (Å²) in [6.45, 7) is 4.67. The second-order valence-corrected chi connectivity index (χ2v) is 7.60. The highest BCUT2D eigenvalue weighted by atomic mass is 32.2. The Bertz CT molecular complexity index is 1140. The van der Waals surface area contributed by atoms with Gasteiger partial charge in [0.05, 0.1) is 34.1 Å². The number of hydrogen-bond donors (Lipinski definition) is 1. The molecule has 0 atom stereocenters. The van der Waals surface area contributed by atoms with Crippen molar-refractivity contribution in [1.82, 2.24) is 24.5 Å². The average Bonchev–Trinajstić information content (AvgIpc) is 3.33. The molecule has 32 heavy (non-hydrogen) atoms. The van der Waals surface area contributed by atoms with Gasteiger partial charge in [0.1, 0.15) is 5.82 Å². The van der Waals surface area contributed by atoms with E-state index in [1.54, 1.807) is 11.6 Å². The van der Waals surface area contributed by atoms with Gasteiger partial charge in [-0.25, -0.2) is 0 Å². The van der Waals surface area contributed by atoms with Crippen LogP contribution in [0.15, 0.2) is 35.5 Å². The summed E-state index contributed by atoms with van der Waals surface area (Å²) in [7, 11) is 0. The highest BCUT2D eigenvalue weighted by Gasteiger charge is 2.18. The summed E-state index contributed by atoms with van der Waals surface area (Å²) < 4.78 is 3.42. The molecule has 14 heteroatoms. The van der Waals surface area contributed by atoms with Gasteiger partial charge in [0.25, 0.3) is 5.69 Å². The molecule has 2 aromatic heterocycles. The molecule has 0 aliphatic rings. The molecule has 0 aliphatic heterocycles. The van der Waals surface area contributed by atoms with Gasteiger partial charge in [-0.3, -0.25) is 14.9 Å². The molecule has 1 amide bonds. The molecule has 1 N–H and O–H groups in total. The maximum atomic E-state index is 12.2. The summed E-state index contributed by atoms with van der Waals surface area (Å²) in [4.78, 5) is 32.8. The number of thioether (sulfide) groups is 1. The van der Waals surface area contributed by atoms with Crippen molar-refractivity contribution in [2.45, 2.75) is 38.5 Å². The number of aromatic nitrogens is 5. The van der Waals surface area contributed by atoms with E-state index in [1.165, 1.54) is 42.1 Å². The largest absolute Gasteiger partial charge is 0.390 e. The second kappa shape index (κ2) is 10.00. The monoisotopic (exact) mass is 460 g/mol. The minimum atomic E-state index is -0.533. The summed E-state index contributed by atoms with van der Waals surface area (Å²) in [5.74, 6) is 0.285. The molecule has 0 radical (unpaired) electrons. The van der Waals surface area contributed by atoms with Crippen LogP contribution in [0.2, 0.25) is 0 Å². The van der Waals surface area contributed by atoms with Gasteiger partial charge in [-0.05, 0) is 30.9 Å². The molecule has 1 aromatic carbocycles. The van der Waals surface area contributed by atoms with Gasteiger partial charge in [-0.15, -0.1) is 10.2 Å². The molecule has 0 saturated heterocycles. The zero-order valence-electron chi connectivity index (χ0n) is 17.3. The van der Waals surface area contributed by atoms with Crippen molar-refractivity contribution >= 4 is 34.9 Å². The van der Waals surface area contributed by atoms with Gasteiger partial charge in [0, 0.05) is 30.8 Å². The van der Waals surface area contributed by atoms with Crippen LogP contribution in [0, 0.1) is 27.2 Å². The van der Waals surface area contributed by atoms with Crippen LogP contribution in [0.5, 0.6) is 0 Å². The maximum absolute atomic E-state index is 12.2. The van der Waals surface area contributed by atoms with Gasteiger partial charge in [0.15, 0.2) is 5.16 Å². The zero-order valence-corrected chi connectivity index (χ0v) is 18.1. The number of rotatable bonds is 10. The Morgan fingerprint density at radius 1 is 1.16 bits per heavy atom. The van der Waals surface area contributed by atoms with E-state index in [9.17, 15) is 25.0 Å². The molecule has 2 heterocycles. The van der Waals surface area contributed by atoms with Crippen molar-refractivity contribution in [3.05, 3.63) is 62.1 Å². The Kier molecular flexibility index (Phi) is 7.14. The van der Waals surface area contributed by atoms with Crippen molar-refractivity contribution < 1.29 is 14.6 Å². The summed E-state index contributed by atoms with van der Waals surface area (Å²) in [5.41, 5.74) is 1.08. The van der Waals surface area contributed by atoms with E-state index < -0.39 is 9.85 Å². The zero-order chi connectivity index (χ0) is 23.3. The van der Waals surface area contributed by atoms with Crippen LogP contribution in [0.4, 0.5) is 17.2 Å². The Labute approximate surface area is 186 Å². The number of nitro groups is 2. The van der Waals surface area contributed by atoms with E-state index in [-0.39, 0.29) is 23.2 Å².